The van der Waals surface area contributed by atoms with Gasteiger partial charge in [0.1, 0.15) is 6.35 Å². The predicted octanol–water partition coefficient (Wildman–Crippen LogP) is 2.04. The van der Waals surface area contributed by atoms with E-state index in [1.165, 1.54) is 6.33 Å². The molecule has 11 nitrogen and oxygen atoms in total. The molecule has 12 heteroatoms. The Morgan fingerprint density at radius 2 is 2.09 bits per heavy atom. The number of rotatable bonds is 13. The van der Waals surface area contributed by atoms with Gasteiger partial charge in [0.15, 0.2) is 11.2 Å². The van der Waals surface area contributed by atoms with Crippen LogP contribution in [0, 0.1) is 0 Å². The number of hydrogen-bond acceptors (Lipinski definition) is 9. The van der Waals surface area contributed by atoms with Gasteiger partial charge in [-0.1, -0.05) is 36.4 Å². The molecule has 0 saturated heterocycles. The summed E-state index contributed by atoms with van der Waals surface area (Å²) in [4.78, 5) is 22.3. The van der Waals surface area contributed by atoms with E-state index in [2.05, 4.69) is 21.5 Å². The number of hydrogen-bond donors (Lipinski definition) is 3. The fraction of sp³-hybridized carbons (Fsp3) is 0.350. The number of benzene rings is 1. The van der Waals surface area contributed by atoms with Gasteiger partial charge in [0.2, 0.25) is 5.95 Å². The number of aromatic nitrogens is 4. The van der Waals surface area contributed by atoms with Crippen LogP contribution >= 0.6 is 7.60 Å². The van der Waals surface area contributed by atoms with Crippen LogP contribution in [0.2, 0.25) is 0 Å². The quantitative estimate of drug-likeness (QED) is 0.196. The molecule has 4 N–H and O–H groups in total. The van der Waals surface area contributed by atoms with Gasteiger partial charge in [-0.05, 0) is 12.0 Å². The van der Waals surface area contributed by atoms with Crippen molar-refractivity contribution in [1.82, 2.24) is 19.5 Å². The van der Waals surface area contributed by atoms with E-state index < -0.39 is 19.3 Å². The van der Waals surface area contributed by atoms with Crippen LogP contribution in [0.5, 0.6) is 0 Å². The first-order valence-corrected chi connectivity index (χ1v) is 11.6. The number of aromatic amines is 1. The first-order chi connectivity index (χ1) is 15.4. The number of ether oxygens (including phenoxy) is 1. The minimum absolute atomic E-state index is 0.0181. The summed E-state index contributed by atoms with van der Waals surface area (Å²) in [5.41, 5.74) is 6.46. The maximum absolute atomic E-state index is 13.2. The van der Waals surface area contributed by atoms with Crippen LogP contribution in [0.25, 0.3) is 11.2 Å². The fourth-order valence-electron chi connectivity index (χ4n) is 2.79. The van der Waals surface area contributed by atoms with Crippen molar-refractivity contribution in [2.24, 2.45) is 0 Å². The number of nitrogens with zero attached hydrogens (tertiary/aromatic N) is 3. The molecule has 3 aromatic rings. The molecule has 2 unspecified atom stereocenters. The minimum atomic E-state index is -3.66. The van der Waals surface area contributed by atoms with Crippen molar-refractivity contribution in [3.05, 3.63) is 65.2 Å². The largest absolute Gasteiger partial charge is 0.390 e. The van der Waals surface area contributed by atoms with Crippen LogP contribution in [0.4, 0.5) is 5.95 Å². The third kappa shape index (κ3) is 6.59. The molecule has 1 aromatic carbocycles. The molecule has 0 bridgehead atoms. The average molecular weight is 463 g/mol. The lowest BCUT2D eigenvalue weighted by Gasteiger charge is -2.20. The third-order valence-electron chi connectivity index (χ3n) is 4.39. The molecule has 172 valence electrons. The molecule has 0 spiro atoms. The molecule has 0 aliphatic rings. The van der Waals surface area contributed by atoms with Gasteiger partial charge in [0, 0.05) is 6.54 Å². The number of nitrogen functional groups attached to an aromatic ring is 1. The normalized spacial score (nSPS) is 14.3. The molecular formula is C20H26N5O6P. The Morgan fingerprint density at radius 1 is 1.31 bits per heavy atom. The fourth-order valence-corrected chi connectivity index (χ4v) is 4.11. The van der Waals surface area contributed by atoms with E-state index >= 15 is 0 Å². The Morgan fingerprint density at radius 3 is 2.84 bits per heavy atom. The standard InChI is InChI=1S/C20H26N5O6P/c1-2-6-16(26)12-31-32(28,30-11-15-7-4-3-5-8-15)14-29-10-9-25-13-22-17-18(25)23-20(21)24-19(17)27/h2-5,7-8,13,16,26H,1,6,9-12,14H2,(H3,21,23,24,27). The van der Waals surface area contributed by atoms with Gasteiger partial charge < -0.3 is 29.2 Å². The van der Waals surface area contributed by atoms with Gasteiger partial charge in [0.05, 0.1) is 32.3 Å². The van der Waals surface area contributed by atoms with E-state index in [1.54, 1.807) is 10.6 Å². The zero-order valence-electron chi connectivity index (χ0n) is 17.4. The maximum atomic E-state index is 13.2. The topological polar surface area (TPSA) is 155 Å². The number of aliphatic hydroxyl groups excluding tert-OH is 1. The second-order valence-corrected chi connectivity index (χ2v) is 8.94. The number of imidazole rings is 1. The Hall–Kier alpha value is -2.82. The van der Waals surface area contributed by atoms with E-state index in [0.29, 0.717) is 12.1 Å². The third-order valence-corrected chi connectivity index (χ3v) is 5.96. The maximum Gasteiger partial charge on any atom is 0.356 e. The smallest absolute Gasteiger partial charge is 0.356 e. The van der Waals surface area contributed by atoms with Gasteiger partial charge in [0.25, 0.3) is 5.56 Å². The molecule has 2 heterocycles. The van der Waals surface area contributed by atoms with Crippen LogP contribution in [-0.2, 0) is 31.5 Å². The van der Waals surface area contributed by atoms with E-state index in [1.807, 2.05) is 30.3 Å². The summed E-state index contributed by atoms with van der Waals surface area (Å²) >= 11 is 0. The van der Waals surface area contributed by atoms with Gasteiger partial charge >= 0.3 is 7.60 Å². The average Bonchev–Trinajstić information content (AvgIpc) is 3.18. The zero-order chi connectivity index (χ0) is 23.0. The summed E-state index contributed by atoms with van der Waals surface area (Å²) in [5, 5.41) is 9.87. The first kappa shape index (κ1) is 23.8. The SMILES string of the molecule is C=CCC(O)COP(=O)(COCCn1cnc2c(=O)[nH]c(N)nc21)OCc1ccccc1. The van der Waals surface area contributed by atoms with E-state index in [0.717, 1.165) is 5.56 Å². The second-order valence-electron chi connectivity index (χ2n) is 6.94. The van der Waals surface area contributed by atoms with Crippen LogP contribution in [0.15, 0.2) is 54.1 Å². The van der Waals surface area contributed by atoms with Crippen LogP contribution < -0.4 is 11.3 Å². The highest BCUT2D eigenvalue weighted by Crippen LogP contribution is 2.49. The monoisotopic (exact) mass is 463 g/mol. The summed E-state index contributed by atoms with van der Waals surface area (Å²) in [6, 6.07) is 9.22. The van der Waals surface area contributed by atoms with Gasteiger partial charge in [-0.2, -0.15) is 4.98 Å². The van der Waals surface area contributed by atoms with Crippen molar-refractivity contribution >= 4 is 24.7 Å². The van der Waals surface area contributed by atoms with Crippen molar-refractivity contribution in [2.75, 3.05) is 25.3 Å². The van der Waals surface area contributed by atoms with Gasteiger partial charge in [-0.25, -0.2) is 4.98 Å². The Bertz CT molecular complexity index is 1130. The number of nitrogens with two attached hydrogens (primary N) is 1. The number of aliphatic hydroxyl groups is 1. The van der Waals surface area contributed by atoms with Gasteiger partial charge in [-0.15, -0.1) is 6.58 Å². The number of H-pyrrole nitrogens is 1. The second kappa shape index (κ2) is 11.2. The molecule has 0 aliphatic carbocycles. The van der Waals surface area contributed by atoms with Crippen molar-refractivity contribution in [1.29, 1.82) is 0 Å². The van der Waals surface area contributed by atoms with Crippen molar-refractivity contribution in [3.8, 4) is 0 Å². The highest BCUT2D eigenvalue weighted by Gasteiger charge is 2.26. The highest BCUT2D eigenvalue weighted by atomic mass is 31.2. The zero-order valence-corrected chi connectivity index (χ0v) is 18.3. The van der Waals surface area contributed by atoms with Crippen molar-refractivity contribution in [2.45, 2.75) is 25.7 Å². The molecule has 2 atom stereocenters. The van der Waals surface area contributed by atoms with Crippen molar-refractivity contribution < 1.29 is 23.5 Å². The van der Waals surface area contributed by atoms with E-state index in [4.69, 9.17) is 19.5 Å². The molecule has 0 aliphatic heterocycles. The molecule has 0 fully saturated rings. The lowest BCUT2D eigenvalue weighted by molar-refractivity contribution is 0.0762. The molecule has 0 saturated carbocycles. The van der Waals surface area contributed by atoms with E-state index in [9.17, 15) is 14.5 Å². The predicted molar refractivity (Wildman–Crippen MR) is 119 cm³/mol. The van der Waals surface area contributed by atoms with Crippen LogP contribution in [-0.4, -0.2) is 50.3 Å². The summed E-state index contributed by atoms with van der Waals surface area (Å²) in [5.74, 6) is -0.0181. The van der Waals surface area contributed by atoms with Gasteiger partial charge in [-0.3, -0.25) is 14.3 Å². The Balaban J connectivity index is 1.59. The van der Waals surface area contributed by atoms with E-state index in [-0.39, 0.29) is 44.2 Å². The number of anilines is 1. The molecule has 3 rings (SSSR count). The van der Waals surface area contributed by atoms with Crippen LogP contribution in [0.3, 0.4) is 0 Å². The van der Waals surface area contributed by atoms with Crippen LogP contribution in [0.1, 0.15) is 12.0 Å². The molecule has 2 aromatic heterocycles. The minimum Gasteiger partial charge on any atom is -0.390 e. The lowest BCUT2D eigenvalue weighted by Crippen LogP contribution is -2.16. The Kier molecular flexibility index (Phi) is 8.32. The highest BCUT2D eigenvalue weighted by molar-refractivity contribution is 7.53. The summed E-state index contributed by atoms with van der Waals surface area (Å²) in [6.07, 6.45) is 2.12. The lowest BCUT2D eigenvalue weighted by atomic mass is 10.2. The molecule has 0 amide bonds. The molecular weight excluding hydrogens is 437 g/mol. The summed E-state index contributed by atoms with van der Waals surface area (Å²) in [6.45, 7) is 3.85. The molecule has 32 heavy (non-hydrogen) atoms. The number of nitrogens with one attached hydrogen (secondary N) is 1. The first-order valence-electron chi connectivity index (χ1n) is 9.89. The summed E-state index contributed by atoms with van der Waals surface area (Å²) in [7, 11) is -3.66. The number of fused-ring (bicyclic) bond motifs is 1. The van der Waals surface area contributed by atoms with Crippen molar-refractivity contribution in [3.63, 3.8) is 0 Å². The Labute approximate surface area is 184 Å². The molecule has 0 radical (unpaired) electrons. The summed E-state index contributed by atoms with van der Waals surface area (Å²) < 4.78 is 31.3.